The van der Waals surface area contributed by atoms with E-state index in [4.69, 9.17) is 5.11 Å². The van der Waals surface area contributed by atoms with E-state index in [0.717, 1.165) is 13.1 Å². The Morgan fingerprint density at radius 2 is 2.10 bits per heavy atom. The van der Waals surface area contributed by atoms with Crippen LogP contribution in [-0.4, -0.2) is 48.1 Å². The Bertz CT molecular complexity index is 327. The van der Waals surface area contributed by atoms with Crippen LogP contribution in [0.3, 0.4) is 0 Å². The third-order valence-corrected chi connectivity index (χ3v) is 4.29. The Morgan fingerprint density at radius 3 is 2.60 bits per heavy atom. The summed E-state index contributed by atoms with van der Waals surface area (Å²) in [5, 5.41) is 12.3. The number of aliphatic carboxylic acids is 1. The predicted octanol–water partition coefficient (Wildman–Crippen LogP) is 1.58. The van der Waals surface area contributed by atoms with Crippen molar-refractivity contribution in [3.05, 3.63) is 0 Å². The Labute approximate surface area is 121 Å². The van der Waals surface area contributed by atoms with Gasteiger partial charge in [-0.3, -0.25) is 9.59 Å². The van der Waals surface area contributed by atoms with Gasteiger partial charge >= 0.3 is 5.97 Å². The summed E-state index contributed by atoms with van der Waals surface area (Å²) in [5.41, 5.74) is 0. The summed E-state index contributed by atoms with van der Waals surface area (Å²) in [6.07, 6.45) is 2.88. The van der Waals surface area contributed by atoms with Crippen molar-refractivity contribution in [1.82, 2.24) is 10.2 Å². The van der Waals surface area contributed by atoms with E-state index in [1.165, 1.54) is 12.8 Å². The highest BCUT2D eigenvalue weighted by Crippen LogP contribution is 2.23. The smallest absolute Gasteiger partial charge is 0.308 e. The minimum Gasteiger partial charge on any atom is -0.481 e. The summed E-state index contributed by atoms with van der Waals surface area (Å²) in [6.45, 7) is 8.63. The standard InChI is InChI=1S/C15H28N2O3/c1-4-17(10-12(3)15(19)20)14(18)8-11(2)13-6-5-7-16-9-13/h11-13,16H,4-10H2,1-3H3,(H,19,20). The van der Waals surface area contributed by atoms with Gasteiger partial charge in [-0.15, -0.1) is 0 Å². The number of piperidine rings is 1. The van der Waals surface area contributed by atoms with Gasteiger partial charge in [-0.1, -0.05) is 13.8 Å². The molecule has 1 rings (SSSR count). The Balaban J connectivity index is 2.47. The molecule has 0 saturated carbocycles. The van der Waals surface area contributed by atoms with Crippen molar-refractivity contribution in [2.24, 2.45) is 17.8 Å². The number of hydrogen-bond acceptors (Lipinski definition) is 3. The molecule has 0 bridgehead atoms. The molecule has 1 amide bonds. The normalized spacial score (nSPS) is 22.1. The highest BCUT2D eigenvalue weighted by molar-refractivity contribution is 5.77. The predicted molar refractivity (Wildman–Crippen MR) is 78.4 cm³/mol. The summed E-state index contributed by atoms with van der Waals surface area (Å²) >= 11 is 0. The average Bonchev–Trinajstić information content (AvgIpc) is 2.44. The topological polar surface area (TPSA) is 69.6 Å². The number of hydrogen-bond donors (Lipinski definition) is 2. The van der Waals surface area contributed by atoms with Crippen LogP contribution in [0.1, 0.15) is 40.0 Å². The van der Waals surface area contributed by atoms with Gasteiger partial charge in [0, 0.05) is 19.5 Å². The molecule has 0 radical (unpaired) electrons. The molecule has 1 heterocycles. The third kappa shape index (κ3) is 5.12. The SMILES string of the molecule is CCN(CC(C)C(=O)O)C(=O)CC(C)C1CCCNC1. The van der Waals surface area contributed by atoms with E-state index in [9.17, 15) is 9.59 Å². The van der Waals surface area contributed by atoms with Gasteiger partial charge < -0.3 is 15.3 Å². The maximum Gasteiger partial charge on any atom is 0.308 e. The van der Waals surface area contributed by atoms with E-state index < -0.39 is 11.9 Å². The Hall–Kier alpha value is -1.10. The monoisotopic (exact) mass is 284 g/mol. The van der Waals surface area contributed by atoms with Crippen molar-refractivity contribution in [2.75, 3.05) is 26.2 Å². The summed E-state index contributed by atoms with van der Waals surface area (Å²) < 4.78 is 0. The van der Waals surface area contributed by atoms with E-state index in [1.54, 1.807) is 11.8 Å². The summed E-state index contributed by atoms with van der Waals surface area (Å²) in [6, 6.07) is 0. The van der Waals surface area contributed by atoms with Crippen LogP contribution in [0.25, 0.3) is 0 Å². The van der Waals surface area contributed by atoms with Gasteiger partial charge in [-0.2, -0.15) is 0 Å². The van der Waals surface area contributed by atoms with Crippen LogP contribution in [0, 0.1) is 17.8 Å². The van der Waals surface area contributed by atoms with Crippen LogP contribution in [0.2, 0.25) is 0 Å². The minimum absolute atomic E-state index is 0.0821. The fourth-order valence-electron chi connectivity index (χ4n) is 2.75. The number of rotatable bonds is 7. The van der Waals surface area contributed by atoms with Crippen LogP contribution >= 0.6 is 0 Å². The molecule has 1 fully saturated rings. The van der Waals surface area contributed by atoms with E-state index in [0.29, 0.717) is 31.3 Å². The number of carbonyl (C=O) groups excluding carboxylic acids is 1. The highest BCUT2D eigenvalue weighted by Gasteiger charge is 2.25. The highest BCUT2D eigenvalue weighted by atomic mass is 16.4. The van der Waals surface area contributed by atoms with Crippen LogP contribution in [0.5, 0.6) is 0 Å². The van der Waals surface area contributed by atoms with Crippen molar-refractivity contribution in [2.45, 2.75) is 40.0 Å². The number of amides is 1. The number of nitrogens with zero attached hydrogens (tertiary/aromatic N) is 1. The number of carbonyl (C=O) groups is 2. The average molecular weight is 284 g/mol. The van der Waals surface area contributed by atoms with Gasteiger partial charge in [0.15, 0.2) is 0 Å². The van der Waals surface area contributed by atoms with Crippen molar-refractivity contribution < 1.29 is 14.7 Å². The zero-order valence-electron chi connectivity index (χ0n) is 12.9. The van der Waals surface area contributed by atoms with Gasteiger partial charge in [-0.25, -0.2) is 0 Å². The van der Waals surface area contributed by atoms with Crippen molar-refractivity contribution in [1.29, 1.82) is 0 Å². The van der Waals surface area contributed by atoms with Gasteiger partial charge in [0.25, 0.3) is 0 Å². The fourth-order valence-corrected chi connectivity index (χ4v) is 2.75. The minimum atomic E-state index is -0.847. The lowest BCUT2D eigenvalue weighted by atomic mass is 9.85. The fraction of sp³-hybridized carbons (Fsp3) is 0.867. The first-order valence-electron chi connectivity index (χ1n) is 7.67. The molecule has 5 heteroatoms. The first kappa shape index (κ1) is 17.0. The molecule has 1 aliphatic rings. The van der Waals surface area contributed by atoms with Gasteiger partial charge in [0.05, 0.1) is 5.92 Å². The van der Waals surface area contributed by atoms with Crippen LogP contribution in [-0.2, 0) is 9.59 Å². The molecule has 1 aliphatic heterocycles. The Kier molecular flexibility index (Phi) is 6.99. The summed E-state index contributed by atoms with van der Waals surface area (Å²) in [4.78, 5) is 24.9. The van der Waals surface area contributed by atoms with E-state index in [1.807, 2.05) is 6.92 Å². The van der Waals surface area contributed by atoms with E-state index in [2.05, 4.69) is 12.2 Å². The second kappa shape index (κ2) is 8.25. The summed E-state index contributed by atoms with van der Waals surface area (Å²) in [5.74, 6) is -0.363. The Morgan fingerprint density at radius 1 is 1.40 bits per heavy atom. The zero-order valence-corrected chi connectivity index (χ0v) is 12.9. The lowest BCUT2D eigenvalue weighted by molar-refractivity contribution is -0.143. The maximum atomic E-state index is 12.3. The molecule has 0 aromatic heterocycles. The van der Waals surface area contributed by atoms with Crippen LogP contribution < -0.4 is 5.32 Å². The third-order valence-electron chi connectivity index (χ3n) is 4.29. The van der Waals surface area contributed by atoms with E-state index >= 15 is 0 Å². The number of carboxylic acid groups (broad SMARTS) is 1. The molecule has 1 saturated heterocycles. The second-order valence-electron chi connectivity index (χ2n) is 5.96. The molecule has 0 aliphatic carbocycles. The molecular weight excluding hydrogens is 256 g/mol. The van der Waals surface area contributed by atoms with E-state index in [-0.39, 0.29) is 5.91 Å². The molecule has 2 N–H and O–H groups in total. The number of nitrogens with one attached hydrogen (secondary N) is 1. The van der Waals surface area contributed by atoms with Gasteiger partial charge in [0.2, 0.25) is 5.91 Å². The van der Waals surface area contributed by atoms with Gasteiger partial charge in [-0.05, 0) is 44.7 Å². The first-order valence-corrected chi connectivity index (χ1v) is 7.67. The van der Waals surface area contributed by atoms with Crippen LogP contribution in [0.15, 0.2) is 0 Å². The molecule has 0 aromatic rings. The largest absolute Gasteiger partial charge is 0.481 e. The quantitative estimate of drug-likeness (QED) is 0.745. The van der Waals surface area contributed by atoms with Crippen molar-refractivity contribution >= 4 is 11.9 Å². The molecule has 0 spiro atoms. The maximum absolute atomic E-state index is 12.3. The lowest BCUT2D eigenvalue weighted by Crippen LogP contribution is -2.39. The molecule has 20 heavy (non-hydrogen) atoms. The van der Waals surface area contributed by atoms with Gasteiger partial charge in [0.1, 0.15) is 0 Å². The molecular formula is C15H28N2O3. The molecule has 0 aromatic carbocycles. The molecule has 3 atom stereocenters. The number of carboxylic acids is 1. The summed E-state index contributed by atoms with van der Waals surface area (Å²) in [7, 11) is 0. The molecule has 116 valence electrons. The lowest BCUT2D eigenvalue weighted by Gasteiger charge is -2.30. The molecule has 5 nitrogen and oxygen atoms in total. The second-order valence-corrected chi connectivity index (χ2v) is 5.96. The molecule has 3 unspecified atom stereocenters. The van der Waals surface area contributed by atoms with Crippen molar-refractivity contribution in [3.8, 4) is 0 Å². The zero-order chi connectivity index (χ0) is 15.1. The first-order chi connectivity index (χ1) is 9.45. The van der Waals surface area contributed by atoms with Crippen molar-refractivity contribution in [3.63, 3.8) is 0 Å². The van der Waals surface area contributed by atoms with Crippen LogP contribution in [0.4, 0.5) is 0 Å².